The first-order chi connectivity index (χ1) is 8.19. The summed E-state index contributed by atoms with van der Waals surface area (Å²) in [5.74, 6) is 0.883. The van der Waals surface area contributed by atoms with Gasteiger partial charge in [-0.05, 0) is 24.1 Å². The lowest BCUT2D eigenvalue weighted by atomic mass is 9.83. The van der Waals surface area contributed by atoms with Crippen molar-refractivity contribution in [3.05, 3.63) is 65.2 Å². The van der Waals surface area contributed by atoms with E-state index in [9.17, 15) is 0 Å². The lowest BCUT2D eigenvalue weighted by molar-refractivity contribution is 0.306. The molecule has 0 aromatic heterocycles. The van der Waals surface area contributed by atoms with Gasteiger partial charge in [-0.2, -0.15) is 0 Å². The molecule has 17 heavy (non-hydrogen) atoms. The van der Waals surface area contributed by atoms with Crippen LogP contribution in [0, 0.1) is 0 Å². The molecule has 0 fully saturated rings. The van der Waals surface area contributed by atoms with E-state index in [0.717, 1.165) is 22.4 Å². The smallest absolute Gasteiger partial charge is 0.125 e. The third kappa shape index (κ3) is 1.53. The molecule has 0 aliphatic carbocycles. The maximum atomic E-state index is 6.52. The van der Waals surface area contributed by atoms with Gasteiger partial charge >= 0.3 is 0 Å². The van der Waals surface area contributed by atoms with Gasteiger partial charge in [-0.3, -0.25) is 0 Å². The van der Waals surface area contributed by atoms with Gasteiger partial charge in [0.15, 0.2) is 0 Å². The van der Waals surface area contributed by atoms with Crippen LogP contribution in [-0.2, 0) is 12.1 Å². The second kappa shape index (κ2) is 3.60. The Hall–Kier alpha value is -1.80. The lowest BCUT2D eigenvalue weighted by Crippen LogP contribution is -2.34. The second-order valence-corrected chi connectivity index (χ2v) is 4.64. The summed E-state index contributed by atoms with van der Waals surface area (Å²) >= 11 is 0. The number of rotatable bonds is 0. The van der Waals surface area contributed by atoms with Crippen LogP contribution >= 0.6 is 0 Å². The minimum Gasteiger partial charge on any atom is -0.489 e. The summed E-state index contributed by atoms with van der Waals surface area (Å²) in [5.41, 5.74) is 9.38. The molecule has 1 unspecified atom stereocenters. The fourth-order valence-corrected chi connectivity index (χ4v) is 2.47. The lowest BCUT2D eigenvalue weighted by Gasteiger charge is -2.26. The van der Waals surface area contributed by atoms with Crippen LogP contribution in [0.2, 0.25) is 0 Å². The first-order valence-corrected chi connectivity index (χ1v) is 5.79. The molecule has 1 heterocycles. The highest BCUT2D eigenvalue weighted by Gasteiger charge is 2.31. The van der Waals surface area contributed by atoms with Gasteiger partial charge in [0.25, 0.3) is 0 Å². The van der Waals surface area contributed by atoms with E-state index in [2.05, 4.69) is 12.1 Å². The number of para-hydroxylation sites is 1. The van der Waals surface area contributed by atoms with Gasteiger partial charge in [0.1, 0.15) is 12.4 Å². The largest absolute Gasteiger partial charge is 0.489 e. The Morgan fingerprint density at radius 1 is 1.00 bits per heavy atom. The molecule has 0 saturated heterocycles. The topological polar surface area (TPSA) is 35.2 Å². The van der Waals surface area contributed by atoms with Crippen molar-refractivity contribution in [1.29, 1.82) is 0 Å². The van der Waals surface area contributed by atoms with E-state index < -0.39 is 5.54 Å². The van der Waals surface area contributed by atoms with Crippen molar-refractivity contribution < 1.29 is 4.74 Å². The number of ether oxygens (including phenoxy) is 1. The van der Waals surface area contributed by atoms with Crippen LogP contribution in [0.15, 0.2) is 48.5 Å². The fourth-order valence-electron chi connectivity index (χ4n) is 2.47. The van der Waals surface area contributed by atoms with Gasteiger partial charge in [-0.15, -0.1) is 0 Å². The number of hydrogen-bond acceptors (Lipinski definition) is 2. The zero-order chi connectivity index (χ0) is 11.9. The standard InChI is InChI=1S/C15H15NO/c1-15(16)12-7-3-2-6-11(12)10-17-14-9-5-4-8-13(14)15/h2-9H,10,16H2,1H3. The highest BCUT2D eigenvalue weighted by Crippen LogP contribution is 2.38. The number of hydrogen-bond donors (Lipinski definition) is 1. The molecule has 0 bridgehead atoms. The van der Waals surface area contributed by atoms with Gasteiger partial charge in [-0.1, -0.05) is 42.5 Å². The monoisotopic (exact) mass is 225 g/mol. The van der Waals surface area contributed by atoms with Gasteiger partial charge < -0.3 is 10.5 Å². The van der Waals surface area contributed by atoms with Crippen molar-refractivity contribution in [2.24, 2.45) is 5.73 Å². The summed E-state index contributed by atoms with van der Waals surface area (Å²) in [6, 6.07) is 16.2. The van der Waals surface area contributed by atoms with E-state index in [1.54, 1.807) is 0 Å². The van der Waals surface area contributed by atoms with Crippen molar-refractivity contribution in [3.8, 4) is 5.75 Å². The average molecular weight is 225 g/mol. The molecule has 1 aliphatic rings. The summed E-state index contributed by atoms with van der Waals surface area (Å²) in [5, 5.41) is 0. The molecule has 0 radical (unpaired) electrons. The van der Waals surface area contributed by atoms with Gasteiger partial charge in [0, 0.05) is 5.56 Å². The molecule has 86 valence electrons. The van der Waals surface area contributed by atoms with E-state index in [0.29, 0.717) is 6.61 Å². The molecule has 1 aliphatic heterocycles. The van der Waals surface area contributed by atoms with E-state index >= 15 is 0 Å². The summed E-state index contributed by atoms with van der Waals surface area (Å²) < 4.78 is 5.83. The van der Waals surface area contributed by atoms with Gasteiger partial charge in [0.2, 0.25) is 0 Å². The van der Waals surface area contributed by atoms with Crippen molar-refractivity contribution in [1.82, 2.24) is 0 Å². The maximum absolute atomic E-state index is 6.52. The summed E-state index contributed by atoms with van der Waals surface area (Å²) in [4.78, 5) is 0. The minimum atomic E-state index is -0.496. The molecule has 2 N–H and O–H groups in total. The van der Waals surface area contributed by atoms with Crippen LogP contribution in [0.25, 0.3) is 0 Å². The SMILES string of the molecule is CC1(N)c2ccccc2COc2ccccc21. The molecule has 1 atom stereocenters. The van der Waals surface area contributed by atoms with Crippen LogP contribution in [0.4, 0.5) is 0 Å². The van der Waals surface area contributed by atoms with E-state index in [4.69, 9.17) is 10.5 Å². The van der Waals surface area contributed by atoms with Crippen LogP contribution in [0.5, 0.6) is 5.75 Å². The van der Waals surface area contributed by atoms with Crippen LogP contribution in [0.3, 0.4) is 0 Å². The molecular weight excluding hydrogens is 210 g/mol. The molecular formula is C15H15NO. The molecule has 0 amide bonds. The Balaban J connectivity index is 2.27. The van der Waals surface area contributed by atoms with Crippen LogP contribution in [-0.4, -0.2) is 0 Å². The number of nitrogens with two attached hydrogens (primary N) is 1. The van der Waals surface area contributed by atoms with Gasteiger partial charge in [-0.25, -0.2) is 0 Å². The second-order valence-electron chi connectivity index (χ2n) is 4.64. The Kier molecular flexibility index (Phi) is 2.20. The molecule has 2 nitrogen and oxygen atoms in total. The Morgan fingerprint density at radius 2 is 1.65 bits per heavy atom. The van der Waals surface area contributed by atoms with Gasteiger partial charge in [0.05, 0.1) is 5.54 Å². The number of fused-ring (bicyclic) bond motifs is 2. The fraction of sp³-hybridized carbons (Fsp3) is 0.200. The Labute approximate surface area is 101 Å². The summed E-state index contributed by atoms with van der Waals surface area (Å²) in [7, 11) is 0. The Bertz CT molecular complexity index is 511. The predicted molar refractivity (Wildman–Crippen MR) is 67.9 cm³/mol. The van der Waals surface area contributed by atoms with Crippen molar-refractivity contribution >= 4 is 0 Å². The summed E-state index contributed by atoms with van der Waals surface area (Å²) in [6.07, 6.45) is 0. The highest BCUT2D eigenvalue weighted by atomic mass is 16.5. The van der Waals surface area contributed by atoms with E-state index in [1.165, 1.54) is 0 Å². The first kappa shape index (κ1) is 10.4. The molecule has 2 heteroatoms. The molecule has 0 saturated carbocycles. The summed E-state index contributed by atoms with van der Waals surface area (Å²) in [6.45, 7) is 2.62. The zero-order valence-electron chi connectivity index (χ0n) is 9.81. The zero-order valence-corrected chi connectivity index (χ0v) is 9.81. The third-order valence-electron chi connectivity index (χ3n) is 3.41. The quantitative estimate of drug-likeness (QED) is 0.748. The van der Waals surface area contributed by atoms with E-state index in [1.807, 2.05) is 43.3 Å². The molecule has 2 aromatic rings. The minimum absolute atomic E-state index is 0.496. The molecule has 0 spiro atoms. The Morgan fingerprint density at radius 3 is 2.47 bits per heavy atom. The van der Waals surface area contributed by atoms with Crippen LogP contribution < -0.4 is 10.5 Å². The number of benzene rings is 2. The van der Waals surface area contributed by atoms with Crippen molar-refractivity contribution in [2.75, 3.05) is 0 Å². The highest BCUT2D eigenvalue weighted by molar-refractivity contribution is 5.49. The third-order valence-corrected chi connectivity index (χ3v) is 3.41. The van der Waals surface area contributed by atoms with Crippen molar-refractivity contribution in [2.45, 2.75) is 19.1 Å². The first-order valence-electron chi connectivity index (χ1n) is 5.79. The van der Waals surface area contributed by atoms with E-state index in [-0.39, 0.29) is 0 Å². The predicted octanol–water partition coefficient (Wildman–Crippen LogP) is 2.80. The maximum Gasteiger partial charge on any atom is 0.125 e. The molecule has 3 rings (SSSR count). The van der Waals surface area contributed by atoms with Crippen molar-refractivity contribution in [3.63, 3.8) is 0 Å². The average Bonchev–Trinajstić information content (AvgIpc) is 2.47. The normalized spacial score (nSPS) is 22.0. The molecule has 2 aromatic carbocycles. The van der Waals surface area contributed by atoms with Crippen LogP contribution in [0.1, 0.15) is 23.6 Å².